The Hall–Kier alpha value is -1.05. The van der Waals surface area contributed by atoms with E-state index in [9.17, 15) is 0 Å². The standard InChI is InChI=1S/C10H16N2/c1-5-9-7-11-8(3)12(4)10(9)6-2/h5-6H,7H2,1-4H3. The zero-order valence-corrected chi connectivity index (χ0v) is 8.26. The van der Waals surface area contributed by atoms with Gasteiger partial charge in [-0.25, -0.2) is 0 Å². The van der Waals surface area contributed by atoms with Gasteiger partial charge < -0.3 is 4.90 Å². The Balaban J connectivity index is 3.04. The third-order valence-corrected chi connectivity index (χ3v) is 2.28. The molecule has 0 aromatic carbocycles. The predicted octanol–water partition coefficient (Wildman–Crippen LogP) is 2.20. The average Bonchev–Trinajstić information content (AvgIpc) is 2.09. The Bertz CT molecular complexity index is 259. The van der Waals surface area contributed by atoms with Crippen LogP contribution >= 0.6 is 0 Å². The normalized spacial score (nSPS) is 25.0. The van der Waals surface area contributed by atoms with Gasteiger partial charge in [0.05, 0.1) is 6.54 Å². The van der Waals surface area contributed by atoms with Crippen molar-refractivity contribution in [3.63, 3.8) is 0 Å². The van der Waals surface area contributed by atoms with Crippen LogP contribution in [0.25, 0.3) is 0 Å². The smallest absolute Gasteiger partial charge is 0.100 e. The van der Waals surface area contributed by atoms with Gasteiger partial charge in [0.2, 0.25) is 0 Å². The number of likely N-dealkylation sites (N-methyl/N-ethyl adjacent to an activating group) is 1. The molecule has 0 amide bonds. The second kappa shape index (κ2) is 3.57. The summed E-state index contributed by atoms with van der Waals surface area (Å²) in [6.07, 6.45) is 4.26. The minimum atomic E-state index is 0.826. The molecule has 2 nitrogen and oxygen atoms in total. The van der Waals surface area contributed by atoms with Gasteiger partial charge in [-0.2, -0.15) is 0 Å². The number of rotatable bonds is 0. The topological polar surface area (TPSA) is 15.6 Å². The zero-order valence-electron chi connectivity index (χ0n) is 8.26. The molecule has 12 heavy (non-hydrogen) atoms. The van der Waals surface area contributed by atoms with Crippen LogP contribution in [0.15, 0.2) is 28.4 Å². The van der Waals surface area contributed by atoms with Crippen LogP contribution in [0.2, 0.25) is 0 Å². The minimum Gasteiger partial charge on any atom is -0.333 e. The maximum Gasteiger partial charge on any atom is 0.100 e. The number of allylic oxidation sites excluding steroid dienone is 2. The molecule has 0 N–H and O–H groups in total. The fourth-order valence-corrected chi connectivity index (χ4v) is 1.39. The molecule has 1 rings (SSSR count). The van der Waals surface area contributed by atoms with E-state index in [2.05, 4.69) is 42.9 Å². The SMILES string of the molecule is CC=C1CN=C(C)N(C)C1=CC. The minimum absolute atomic E-state index is 0.826. The molecule has 0 bridgehead atoms. The van der Waals surface area contributed by atoms with E-state index in [0.29, 0.717) is 0 Å². The van der Waals surface area contributed by atoms with Crippen molar-refractivity contribution < 1.29 is 0 Å². The lowest BCUT2D eigenvalue weighted by Gasteiger charge is -2.28. The van der Waals surface area contributed by atoms with Crippen LogP contribution in [0.3, 0.4) is 0 Å². The maximum absolute atomic E-state index is 4.39. The summed E-state index contributed by atoms with van der Waals surface area (Å²) in [6, 6.07) is 0. The van der Waals surface area contributed by atoms with Crippen LogP contribution in [0.4, 0.5) is 0 Å². The van der Waals surface area contributed by atoms with E-state index < -0.39 is 0 Å². The molecule has 0 saturated carbocycles. The first-order valence-electron chi connectivity index (χ1n) is 4.27. The fraction of sp³-hybridized carbons (Fsp3) is 0.500. The van der Waals surface area contributed by atoms with Crippen molar-refractivity contribution in [2.45, 2.75) is 20.8 Å². The van der Waals surface area contributed by atoms with Crippen molar-refractivity contribution in [3.8, 4) is 0 Å². The first-order chi connectivity index (χ1) is 5.70. The van der Waals surface area contributed by atoms with Gasteiger partial charge in [-0.15, -0.1) is 0 Å². The Morgan fingerprint density at radius 2 is 2.00 bits per heavy atom. The van der Waals surface area contributed by atoms with Gasteiger partial charge in [0.1, 0.15) is 5.84 Å². The molecular weight excluding hydrogens is 148 g/mol. The summed E-state index contributed by atoms with van der Waals surface area (Å²) < 4.78 is 0. The van der Waals surface area contributed by atoms with Crippen molar-refractivity contribution in [1.82, 2.24) is 4.90 Å². The van der Waals surface area contributed by atoms with E-state index in [1.54, 1.807) is 0 Å². The highest BCUT2D eigenvalue weighted by Crippen LogP contribution is 2.19. The second-order valence-electron chi connectivity index (χ2n) is 2.91. The van der Waals surface area contributed by atoms with Gasteiger partial charge in [-0.1, -0.05) is 12.2 Å². The van der Waals surface area contributed by atoms with Crippen LogP contribution in [0, 0.1) is 0 Å². The lowest BCUT2D eigenvalue weighted by atomic mass is 10.1. The van der Waals surface area contributed by atoms with Gasteiger partial charge in [-0.3, -0.25) is 4.99 Å². The summed E-state index contributed by atoms with van der Waals surface area (Å²) in [5.74, 6) is 1.09. The van der Waals surface area contributed by atoms with E-state index in [1.165, 1.54) is 11.3 Å². The molecule has 1 aliphatic heterocycles. The molecular formula is C10H16N2. The van der Waals surface area contributed by atoms with Crippen molar-refractivity contribution in [1.29, 1.82) is 0 Å². The highest BCUT2D eigenvalue weighted by atomic mass is 15.2. The van der Waals surface area contributed by atoms with Crippen molar-refractivity contribution >= 4 is 5.84 Å². The number of hydrogen-bond donors (Lipinski definition) is 0. The number of aliphatic imine (C=N–C) groups is 1. The van der Waals surface area contributed by atoms with Crippen molar-refractivity contribution in [2.24, 2.45) is 4.99 Å². The van der Waals surface area contributed by atoms with Crippen molar-refractivity contribution in [3.05, 3.63) is 23.4 Å². The van der Waals surface area contributed by atoms with E-state index in [4.69, 9.17) is 0 Å². The lowest BCUT2D eigenvalue weighted by Crippen LogP contribution is -2.29. The molecule has 66 valence electrons. The first kappa shape index (κ1) is 9.04. The quantitative estimate of drug-likeness (QED) is 0.536. The predicted molar refractivity (Wildman–Crippen MR) is 53.3 cm³/mol. The summed E-state index contributed by atoms with van der Waals surface area (Å²) >= 11 is 0. The second-order valence-corrected chi connectivity index (χ2v) is 2.91. The highest BCUT2D eigenvalue weighted by Gasteiger charge is 2.15. The van der Waals surface area contributed by atoms with Crippen molar-refractivity contribution in [2.75, 3.05) is 13.6 Å². The van der Waals surface area contributed by atoms with Crippen LogP contribution in [0.1, 0.15) is 20.8 Å². The fourth-order valence-electron chi connectivity index (χ4n) is 1.39. The Labute approximate surface area is 74.3 Å². The largest absolute Gasteiger partial charge is 0.333 e. The lowest BCUT2D eigenvalue weighted by molar-refractivity contribution is 0.605. The third-order valence-electron chi connectivity index (χ3n) is 2.28. The third kappa shape index (κ3) is 1.42. The number of amidine groups is 1. The first-order valence-corrected chi connectivity index (χ1v) is 4.27. The van der Waals surface area contributed by atoms with Gasteiger partial charge in [0, 0.05) is 12.7 Å². The molecule has 0 atom stereocenters. The summed E-state index contributed by atoms with van der Waals surface area (Å²) in [5, 5.41) is 0. The average molecular weight is 164 g/mol. The highest BCUT2D eigenvalue weighted by molar-refractivity contribution is 5.83. The molecule has 2 heteroatoms. The van der Waals surface area contributed by atoms with Crippen LogP contribution < -0.4 is 0 Å². The monoisotopic (exact) mass is 164 g/mol. The molecule has 0 spiro atoms. The Morgan fingerprint density at radius 3 is 2.50 bits per heavy atom. The van der Waals surface area contributed by atoms with Gasteiger partial charge in [0.25, 0.3) is 0 Å². The summed E-state index contributed by atoms with van der Waals surface area (Å²) in [7, 11) is 2.05. The molecule has 0 unspecified atom stereocenters. The molecule has 0 fully saturated rings. The molecule has 0 aromatic rings. The molecule has 1 aliphatic rings. The van der Waals surface area contributed by atoms with E-state index in [-0.39, 0.29) is 0 Å². The Morgan fingerprint density at radius 1 is 1.33 bits per heavy atom. The molecule has 0 aromatic heterocycles. The maximum atomic E-state index is 4.39. The summed E-state index contributed by atoms with van der Waals surface area (Å²) in [6.45, 7) is 6.99. The van der Waals surface area contributed by atoms with E-state index in [0.717, 1.165) is 12.4 Å². The summed E-state index contributed by atoms with van der Waals surface area (Å²) in [4.78, 5) is 6.52. The molecule has 1 heterocycles. The molecule has 0 saturated heterocycles. The van der Waals surface area contributed by atoms with Gasteiger partial charge >= 0.3 is 0 Å². The van der Waals surface area contributed by atoms with Crippen LogP contribution in [-0.4, -0.2) is 24.3 Å². The van der Waals surface area contributed by atoms with Gasteiger partial charge in [-0.05, 0) is 26.3 Å². The summed E-state index contributed by atoms with van der Waals surface area (Å²) in [5.41, 5.74) is 2.59. The number of hydrogen-bond acceptors (Lipinski definition) is 2. The number of nitrogens with zero attached hydrogens (tertiary/aromatic N) is 2. The van der Waals surface area contributed by atoms with Gasteiger partial charge in [0.15, 0.2) is 0 Å². The molecule has 0 radical (unpaired) electrons. The van der Waals surface area contributed by atoms with Crippen LogP contribution in [-0.2, 0) is 0 Å². The Kier molecular flexibility index (Phi) is 2.69. The van der Waals surface area contributed by atoms with E-state index >= 15 is 0 Å². The zero-order chi connectivity index (χ0) is 9.14. The van der Waals surface area contributed by atoms with Crippen LogP contribution in [0.5, 0.6) is 0 Å². The van der Waals surface area contributed by atoms with E-state index in [1.807, 2.05) is 6.92 Å². The molecule has 0 aliphatic carbocycles.